The number of carbonyl (C=O) groups is 1. The molecule has 0 heterocycles. The van der Waals surface area contributed by atoms with Gasteiger partial charge < -0.3 is 10.0 Å². The Morgan fingerprint density at radius 1 is 1.24 bits per heavy atom. The maximum absolute atomic E-state index is 10.7. The molecule has 0 radical (unpaired) electrons. The summed E-state index contributed by atoms with van der Waals surface area (Å²) in [6.45, 7) is 9.02. The number of rotatable bonds is 6. The summed E-state index contributed by atoms with van der Waals surface area (Å²) in [6, 6.07) is 0.622. The van der Waals surface area contributed by atoms with Crippen LogP contribution in [0.25, 0.3) is 0 Å². The fraction of sp³-hybridized carbons (Fsp3) is 0.929. The zero-order chi connectivity index (χ0) is 12.8. The zero-order valence-corrected chi connectivity index (χ0v) is 11.5. The molecular weight excluding hydrogens is 214 g/mol. The first kappa shape index (κ1) is 14.5. The molecule has 0 aromatic rings. The summed E-state index contributed by atoms with van der Waals surface area (Å²) in [6.07, 6.45) is 5.00. The van der Waals surface area contributed by atoms with Crippen LogP contribution in [0.2, 0.25) is 0 Å². The van der Waals surface area contributed by atoms with E-state index in [4.69, 9.17) is 5.11 Å². The van der Waals surface area contributed by atoms with E-state index in [1.54, 1.807) is 0 Å². The average Bonchev–Trinajstić information content (AvgIpc) is 2.26. The van der Waals surface area contributed by atoms with Gasteiger partial charge in [0.15, 0.2) is 0 Å². The average molecular weight is 241 g/mol. The van der Waals surface area contributed by atoms with Gasteiger partial charge in [0, 0.05) is 19.0 Å². The van der Waals surface area contributed by atoms with Gasteiger partial charge in [0.2, 0.25) is 0 Å². The largest absolute Gasteiger partial charge is 0.481 e. The zero-order valence-electron chi connectivity index (χ0n) is 11.5. The fourth-order valence-corrected chi connectivity index (χ4v) is 2.90. The second-order valence-electron chi connectivity index (χ2n) is 5.67. The van der Waals surface area contributed by atoms with Crippen LogP contribution < -0.4 is 0 Å². The lowest BCUT2D eigenvalue weighted by Gasteiger charge is -2.33. The van der Waals surface area contributed by atoms with Gasteiger partial charge in [0.05, 0.1) is 0 Å². The molecule has 0 unspecified atom stereocenters. The second kappa shape index (κ2) is 7.00. The van der Waals surface area contributed by atoms with Crippen molar-refractivity contribution < 1.29 is 9.90 Å². The Labute approximate surface area is 105 Å². The van der Waals surface area contributed by atoms with Gasteiger partial charge in [-0.15, -0.1) is 0 Å². The summed E-state index contributed by atoms with van der Waals surface area (Å²) < 4.78 is 0. The second-order valence-corrected chi connectivity index (χ2v) is 5.67. The number of carboxylic acid groups (broad SMARTS) is 1. The van der Waals surface area contributed by atoms with E-state index < -0.39 is 5.97 Å². The normalized spacial score (nSPS) is 25.5. The van der Waals surface area contributed by atoms with Crippen molar-refractivity contribution in [2.24, 2.45) is 11.8 Å². The van der Waals surface area contributed by atoms with Crippen LogP contribution in [0.3, 0.4) is 0 Å². The highest BCUT2D eigenvalue weighted by Crippen LogP contribution is 2.31. The van der Waals surface area contributed by atoms with Gasteiger partial charge >= 0.3 is 5.97 Å². The van der Waals surface area contributed by atoms with Crippen LogP contribution in [-0.2, 0) is 4.79 Å². The SMILES string of the molecule is CCN(CC1CCC(CC(=O)O)CC1)C(C)C. The van der Waals surface area contributed by atoms with Gasteiger partial charge in [-0.05, 0) is 57.9 Å². The van der Waals surface area contributed by atoms with E-state index in [0.717, 1.165) is 25.3 Å². The third-order valence-corrected chi connectivity index (χ3v) is 4.06. The summed E-state index contributed by atoms with van der Waals surface area (Å²) in [5.41, 5.74) is 0. The van der Waals surface area contributed by atoms with Gasteiger partial charge in [-0.25, -0.2) is 0 Å². The van der Waals surface area contributed by atoms with Crippen LogP contribution in [-0.4, -0.2) is 35.1 Å². The molecule has 0 aromatic carbocycles. The molecule has 17 heavy (non-hydrogen) atoms. The lowest BCUT2D eigenvalue weighted by Crippen LogP contribution is -2.36. The van der Waals surface area contributed by atoms with Gasteiger partial charge in [-0.1, -0.05) is 6.92 Å². The van der Waals surface area contributed by atoms with E-state index in [2.05, 4.69) is 25.7 Å². The molecule has 0 aliphatic heterocycles. The quantitative estimate of drug-likeness (QED) is 0.777. The Hall–Kier alpha value is -0.570. The number of carboxylic acids is 1. The van der Waals surface area contributed by atoms with Gasteiger partial charge in [-0.3, -0.25) is 4.79 Å². The van der Waals surface area contributed by atoms with E-state index in [1.807, 2.05) is 0 Å². The third-order valence-electron chi connectivity index (χ3n) is 4.06. The molecule has 100 valence electrons. The van der Waals surface area contributed by atoms with Crippen LogP contribution in [0.4, 0.5) is 0 Å². The van der Waals surface area contributed by atoms with E-state index in [-0.39, 0.29) is 0 Å². The predicted molar refractivity (Wildman–Crippen MR) is 70.1 cm³/mol. The highest BCUT2D eigenvalue weighted by molar-refractivity contribution is 5.67. The monoisotopic (exact) mass is 241 g/mol. The molecule has 3 nitrogen and oxygen atoms in total. The first-order valence-corrected chi connectivity index (χ1v) is 6.98. The Balaban J connectivity index is 2.29. The minimum atomic E-state index is -0.634. The van der Waals surface area contributed by atoms with Crippen molar-refractivity contribution in [3.63, 3.8) is 0 Å². The maximum Gasteiger partial charge on any atom is 0.303 e. The minimum absolute atomic E-state index is 0.369. The Bertz CT molecular complexity index is 232. The summed E-state index contributed by atoms with van der Waals surface area (Å²) in [4.78, 5) is 13.2. The molecule has 3 heteroatoms. The first-order chi connectivity index (χ1) is 8.02. The molecule has 0 saturated heterocycles. The summed E-state index contributed by atoms with van der Waals surface area (Å²) >= 11 is 0. The van der Waals surface area contributed by atoms with E-state index in [1.165, 1.54) is 19.4 Å². The van der Waals surface area contributed by atoms with Gasteiger partial charge in [0.1, 0.15) is 0 Å². The Kier molecular flexibility index (Phi) is 5.96. The number of aliphatic carboxylic acids is 1. The molecule has 1 aliphatic rings. The highest BCUT2D eigenvalue weighted by Gasteiger charge is 2.24. The molecule has 1 aliphatic carbocycles. The highest BCUT2D eigenvalue weighted by atomic mass is 16.4. The summed E-state index contributed by atoms with van der Waals surface area (Å²) in [5, 5.41) is 8.78. The predicted octanol–water partition coefficient (Wildman–Crippen LogP) is 3.00. The first-order valence-electron chi connectivity index (χ1n) is 6.98. The van der Waals surface area contributed by atoms with Crippen LogP contribution in [0, 0.1) is 11.8 Å². The molecule has 0 amide bonds. The van der Waals surface area contributed by atoms with Crippen molar-refractivity contribution in [3.05, 3.63) is 0 Å². The van der Waals surface area contributed by atoms with Crippen molar-refractivity contribution in [2.45, 2.75) is 58.9 Å². The molecule has 1 fully saturated rings. The van der Waals surface area contributed by atoms with Crippen molar-refractivity contribution in [3.8, 4) is 0 Å². The van der Waals surface area contributed by atoms with Crippen molar-refractivity contribution in [1.29, 1.82) is 0 Å². The summed E-state index contributed by atoms with van der Waals surface area (Å²) in [7, 11) is 0. The molecule has 1 rings (SSSR count). The van der Waals surface area contributed by atoms with Crippen molar-refractivity contribution in [1.82, 2.24) is 4.90 Å². The van der Waals surface area contributed by atoms with E-state index in [9.17, 15) is 4.79 Å². The maximum atomic E-state index is 10.7. The third kappa shape index (κ3) is 5.07. The number of hydrogen-bond donors (Lipinski definition) is 1. The number of hydrogen-bond acceptors (Lipinski definition) is 2. The van der Waals surface area contributed by atoms with Gasteiger partial charge in [-0.2, -0.15) is 0 Å². The Morgan fingerprint density at radius 2 is 1.76 bits per heavy atom. The summed E-state index contributed by atoms with van der Waals surface area (Å²) in [5.74, 6) is 0.575. The molecular formula is C14H27NO2. The molecule has 1 saturated carbocycles. The smallest absolute Gasteiger partial charge is 0.303 e. The van der Waals surface area contributed by atoms with Crippen molar-refractivity contribution >= 4 is 5.97 Å². The standard InChI is InChI=1S/C14H27NO2/c1-4-15(11(2)3)10-13-7-5-12(6-8-13)9-14(16)17/h11-13H,4-10H2,1-3H3,(H,16,17). The van der Waals surface area contributed by atoms with Crippen LogP contribution >= 0.6 is 0 Å². The van der Waals surface area contributed by atoms with E-state index in [0.29, 0.717) is 18.4 Å². The fourth-order valence-electron chi connectivity index (χ4n) is 2.90. The number of nitrogens with zero attached hydrogens (tertiary/aromatic N) is 1. The molecule has 0 atom stereocenters. The molecule has 0 spiro atoms. The molecule has 1 N–H and O–H groups in total. The van der Waals surface area contributed by atoms with Gasteiger partial charge in [0.25, 0.3) is 0 Å². The minimum Gasteiger partial charge on any atom is -0.481 e. The van der Waals surface area contributed by atoms with E-state index >= 15 is 0 Å². The van der Waals surface area contributed by atoms with Crippen LogP contribution in [0.15, 0.2) is 0 Å². The van der Waals surface area contributed by atoms with Crippen LogP contribution in [0.1, 0.15) is 52.9 Å². The molecule has 0 aromatic heterocycles. The Morgan fingerprint density at radius 3 is 2.18 bits per heavy atom. The lowest BCUT2D eigenvalue weighted by atomic mass is 9.80. The lowest BCUT2D eigenvalue weighted by molar-refractivity contribution is -0.138. The van der Waals surface area contributed by atoms with Crippen molar-refractivity contribution in [2.75, 3.05) is 13.1 Å². The van der Waals surface area contributed by atoms with Crippen LogP contribution in [0.5, 0.6) is 0 Å². The molecule has 0 bridgehead atoms. The topological polar surface area (TPSA) is 40.5 Å².